The van der Waals surface area contributed by atoms with Gasteiger partial charge in [0.15, 0.2) is 0 Å². The fraction of sp³-hybridized carbons (Fsp3) is 0.857. The van der Waals surface area contributed by atoms with Crippen LogP contribution in [0.4, 0.5) is 0 Å². The van der Waals surface area contributed by atoms with Crippen LogP contribution in [0, 0.1) is 46.3 Å². The van der Waals surface area contributed by atoms with E-state index in [0.717, 1.165) is 32.1 Å². The van der Waals surface area contributed by atoms with Crippen molar-refractivity contribution in [1.82, 2.24) is 0 Å². The third-order valence-corrected chi connectivity index (χ3v) is 10.8. The molecule has 31 heavy (non-hydrogen) atoms. The van der Waals surface area contributed by atoms with Crippen LogP contribution < -0.4 is 0 Å². The average molecular weight is 431 g/mol. The van der Waals surface area contributed by atoms with Crippen molar-refractivity contribution in [2.24, 2.45) is 46.3 Å². The maximum atomic E-state index is 12.2. The van der Waals surface area contributed by atoms with E-state index in [4.69, 9.17) is 0 Å². The third kappa shape index (κ3) is 3.40. The van der Waals surface area contributed by atoms with E-state index in [9.17, 15) is 15.3 Å². The first-order chi connectivity index (χ1) is 14.4. The highest BCUT2D eigenvalue weighted by Crippen LogP contribution is 2.68. The summed E-state index contributed by atoms with van der Waals surface area (Å²) in [6.07, 6.45) is 14.4. The Bertz CT molecular complexity index is 743. The topological polar surface area (TPSA) is 60.7 Å². The van der Waals surface area contributed by atoms with Crippen LogP contribution in [0.1, 0.15) is 86.5 Å². The molecule has 0 aromatic carbocycles. The minimum absolute atomic E-state index is 0.0612. The molecular formula is C28H46O3. The average Bonchev–Trinajstić information content (AvgIpc) is 3.05. The summed E-state index contributed by atoms with van der Waals surface area (Å²) < 4.78 is 0. The second-order valence-electron chi connectivity index (χ2n) is 12.6. The highest BCUT2D eigenvalue weighted by atomic mass is 16.3. The molecule has 3 heteroatoms. The zero-order valence-corrected chi connectivity index (χ0v) is 20.6. The molecule has 0 radical (unpaired) electrons. The molecule has 4 rings (SSSR count). The van der Waals surface area contributed by atoms with Gasteiger partial charge in [-0.1, -0.05) is 65.8 Å². The quantitative estimate of drug-likeness (QED) is 0.516. The van der Waals surface area contributed by atoms with Crippen molar-refractivity contribution in [3.63, 3.8) is 0 Å². The highest BCUT2D eigenvalue weighted by molar-refractivity contribution is 5.31. The zero-order valence-electron chi connectivity index (χ0n) is 20.6. The molecular weight excluding hydrogens is 384 g/mol. The van der Waals surface area contributed by atoms with Crippen LogP contribution in [0.15, 0.2) is 24.3 Å². The first-order valence-electron chi connectivity index (χ1n) is 12.9. The normalized spacial score (nSPS) is 51.4. The van der Waals surface area contributed by atoms with Crippen molar-refractivity contribution in [3.8, 4) is 0 Å². The molecule has 0 aromatic heterocycles. The Hall–Kier alpha value is -0.640. The van der Waals surface area contributed by atoms with Gasteiger partial charge >= 0.3 is 0 Å². The number of aliphatic hydroxyl groups excluding tert-OH is 1. The molecule has 3 N–H and O–H groups in total. The Morgan fingerprint density at radius 3 is 2.26 bits per heavy atom. The van der Waals surface area contributed by atoms with Crippen molar-refractivity contribution >= 4 is 0 Å². The van der Waals surface area contributed by atoms with Gasteiger partial charge in [-0.3, -0.25) is 0 Å². The second kappa shape index (κ2) is 7.71. The van der Waals surface area contributed by atoms with Crippen LogP contribution in [-0.4, -0.2) is 32.6 Å². The van der Waals surface area contributed by atoms with Crippen molar-refractivity contribution in [2.45, 2.75) is 104 Å². The van der Waals surface area contributed by atoms with E-state index in [1.807, 2.05) is 12.2 Å². The molecule has 0 saturated heterocycles. The largest absolute Gasteiger partial charge is 0.393 e. The molecule has 0 aliphatic heterocycles. The molecule has 10 atom stereocenters. The first kappa shape index (κ1) is 23.5. The summed E-state index contributed by atoms with van der Waals surface area (Å²) in [5, 5.41) is 34.0. The second-order valence-corrected chi connectivity index (χ2v) is 12.6. The van der Waals surface area contributed by atoms with Crippen LogP contribution in [0.5, 0.6) is 0 Å². The molecule has 176 valence electrons. The van der Waals surface area contributed by atoms with Gasteiger partial charge in [0.25, 0.3) is 0 Å². The maximum absolute atomic E-state index is 12.2. The van der Waals surface area contributed by atoms with E-state index in [1.54, 1.807) is 0 Å². The van der Waals surface area contributed by atoms with Gasteiger partial charge in [0.05, 0.1) is 17.3 Å². The summed E-state index contributed by atoms with van der Waals surface area (Å²) in [5.74, 6) is 2.66. The first-order valence-corrected chi connectivity index (χ1v) is 12.9. The van der Waals surface area contributed by atoms with Crippen molar-refractivity contribution in [2.75, 3.05) is 0 Å². The number of allylic oxidation sites excluding steroid dienone is 2. The van der Waals surface area contributed by atoms with Crippen LogP contribution in [0.25, 0.3) is 0 Å². The molecule has 4 aliphatic rings. The standard InChI is InChI=1S/C28H46O3/c1-18(2)19(3)7-8-20(4)22-9-10-23-25(22,5)13-12-24-26(6)14-11-21(29)17-27(26,30)15-16-28(23,24)31/h7-8,15-16,18-24,29-31H,9-14,17H2,1-6H3/b8-7+/t19-,20-,21-,22-,23-,24+,25+,26+,27+,28+/m0/s1. The fourth-order valence-electron chi connectivity index (χ4n) is 8.33. The summed E-state index contributed by atoms with van der Waals surface area (Å²) >= 11 is 0. The molecule has 3 nitrogen and oxygen atoms in total. The Morgan fingerprint density at radius 2 is 1.58 bits per heavy atom. The van der Waals surface area contributed by atoms with E-state index < -0.39 is 17.3 Å². The van der Waals surface area contributed by atoms with Crippen LogP contribution >= 0.6 is 0 Å². The zero-order chi connectivity index (χ0) is 22.8. The van der Waals surface area contributed by atoms with Gasteiger partial charge in [0.1, 0.15) is 0 Å². The summed E-state index contributed by atoms with van der Waals surface area (Å²) in [7, 11) is 0. The molecule has 0 bridgehead atoms. The molecule has 0 spiro atoms. The number of rotatable bonds is 4. The lowest BCUT2D eigenvalue weighted by molar-refractivity contribution is -0.220. The van der Waals surface area contributed by atoms with E-state index >= 15 is 0 Å². The van der Waals surface area contributed by atoms with Gasteiger partial charge in [0, 0.05) is 17.8 Å². The van der Waals surface area contributed by atoms with Crippen molar-refractivity contribution in [3.05, 3.63) is 24.3 Å². The van der Waals surface area contributed by atoms with Gasteiger partial charge in [-0.05, 0) is 73.5 Å². The van der Waals surface area contributed by atoms with Crippen LogP contribution in [-0.2, 0) is 0 Å². The summed E-state index contributed by atoms with van der Waals surface area (Å²) in [6, 6.07) is 0. The molecule has 0 amide bonds. The van der Waals surface area contributed by atoms with Gasteiger partial charge < -0.3 is 15.3 Å². The molecule has 3 fully saturated rings. The van der Waals surface area contributed by atoms with Crippen LogP contribution in [0.3, 0.4) is 0 Å². The highest BCUT2D eigenvalue weighted by Gasteiger charge is 2.68. The van der Waals surface area contributed by atoms with Gasteiger partial charge in [-0.2, -0.15) is 0 Å². The Kier molecular flexibility index (Phi) is 5.84. The fourth-order valence-corrected chi connectivity index (χ4v) is 8.33. The molecule has 0 aromatic rings. The minimum Gasteiger partial charge on any atom is -0.393 e. The molecule has 4 aliphatic carbocycles. The SMILES string of the molecule is CC(C)[C@@H](C)/C=C/[C@H](C)[C@@H]1CC[C@@H]2[C@]3(O)C=C[C@@]4(O)C[C@@H](O)CC[C@]4(C)[C@H]3CC[C@@]21C. The number of fused-ring (bicyclic) bond motifs is 5. The number of hydrogen-bond donors (Lipinski definition) is 3. The Morgan fingerprint density at radius 1 is 0.871 bits per heavy atom. The number of hydrogen-bond acceptors (Lipinski definition) is 3. The van der Waals surface area contributed by atoms with Gasteiger partial charge in [-0.25, -0.2) is 0 Å². The predicted molar refractivity (Wildman–Crippen MR) is 126 cm³/mol. The van der Waals surface area contributed by atoms with E-state index in [0.29, 0.717) is 30.1 Å². The van der Waals surface area contributed by atoms with Crippen molar-refractivity contribution < 1.29 is 15.3 Å². The smallest absolute Gasteiger partial charge is 0.0910 e. The van der Waals surface area contributed by atoms with Crippen LogP contribution in [0.2, 0.25) is 0 Å². The maximum Gasteiger partial charge on any atom is 0.0910 e. The Balaban J connectivity index is 1.62. The lowest BCUT2D eigenvalue weighted by Gasteiger charge is -2.64. The van der Waals surface area contributed by atoms with Gasteiger partial charge in [0.2, 0.25) is 0 Å². The summed E-state index contributed by atoms with van der Waals surface area (Å²) in [6.45, 7) is 13.8. The predicted octanol–water partition coefficient (Wildman–Crippen LogP) is 5.50. The molecule has 3 saturated carbocycles. The monoisotopic (exact) mass is 430 g/mol. The summed E-state index contributed by atoms with van der Waals surface area (Å²) in [4.78, 5) is 0. The Labute approximate surface area is 190 Å². The lowest BCUT2D eigenvalue weighted by Crippen LogP contribution is -2.67. The molecule has 0 heterocycles. The van der Waals surface area contributed by atoms with Gasteiger partial charge in [-0.15, -0.1) is 0 Å². The van der Waals surface area contributed by atoms with E-state index in [2.05, 4.69) is 53.7 Å². The number of aliphatic hydroxyl groups is 3. The summed E-state index contributed by atoms with van der Waals surface area (Å²) in [5.41, 5.74) is -2.09. The van der Waals surface area contributed by atoms with E-state index in [-0.39, 0.29) is 22.7 Å². The molecule has 0 unspecified atom stereocenters. The minimum atomic E-state index is -1.00. The lowest BCUT2D eigenvalue weighted by atomic mass is 9.43. The third-order valence-electron chi connectivity index (χ3n) is 10.8. The van der Waals surface area contributed by atoms with Crippen molar-refractivity contribution in [1.29, 1.82) is 0 Å². The van der Waals surface area contributed by atoms with E-state index in [1.165, 1.54) is 6.42 Å².